The van der Waals surface area contributed by atoms with Gasteiger partial charge in [-0.2, -0.15) is 0 Å². The Morgan fingerprint density at radius 3 is 2.79 bits per heavy atom. The van der Waals surface area contributed by atoms with Crippen LogP contribution >= 0.6 is 15.9 Å². The molecule has 2 nitrogen and oxygen atoms in total. The van der Waals surface area contributed by atoms with E-state index < -0.39 is 0 Å². The summed E-state index contributed by atoms with van der Waals surface area (Å²) in [4.78, 5) is 12.8. The molecule has 1 aromatic carbocycles. The molecule has 0 unspecified atom stereocenters. The van der Waals surface area contributed by atoms with Crippen LogP contribution in [0.4, 0.5) is 0 Å². The molecule has 0 aromatic heterocycles. The Labute approximate surface area is 92.4 Å². The highest BCUT2D eigenvalue weighted by molar-refractivity contribution is 9.10. The minimum absolute atomic E-state index is 0.0687. The van der Waals surface area contributed by atoms with Crippen molar-refractivity contribution in [2.45, 2.75) is 6.54 Å². The van der Waals surface area contributed by atoms with E-state index >= 15 is 0 Å². The number of carbonyl (C=O) groups is 1. The summed E-state index contributed by atoms with van der Waals surface area (Å²) in [7, 11) is 1.75. The first-order valence-corrected chi connectivity index (χ1v) is 5.05. The number of hydrogen-bond acceptors (Lipinski definition) is 1. The molecule has 74 valence electrons. The normalized spacial score (nSPS) is 9.57. The van der Waals surface area contributed by atoms with Crippen molar-refractivity contribution in [2.24, 2.45) is 0 Å². The van der Waals surface area contributed by atoms with Crippen LogP contribution in [0.5, 0.6) is 0 Å². The predicted octanol–water partition coefficient (Wildman–Crippen LogP) is 2.59. The molecule has 0 aliphatic heterocycles. The van der Waals surface area contributed by atoms with E-state index in [0.717, 1.165) is 10.0 Å². The molecule has 0 aliphatic carbocycles. The second-order valence-electron chi connectivity index (χ2n) is 2.99. The van der Waals surface area contributed by atoms with Crippen LogP contribution in [-0.4, -0.2) is 17.9 Å². The lowest BCUT2D eigenvalue weighted by molar-refractivity contribution is -0.125. The lowest BCUT2D eigenvalue weighted by Gasteiger charge is -2.15. The van der Waals surface area contributed by atoms with Crippen LogP contribution in [0.15, 0.2) is 41.4 Å². The highest BCUT2D eigenvalue weighted by atomic mass is 79.9. The highest BCUT2D eigenvalue weighted by Crippen LogP contribution is 2.17. The Morgan fingerprint density at radius 1 is 1.57 bits per heavy atom. The number of likely N-dealkylation sites (N-methyl/N-ethyl adjacent to an activating group) is 1. The van der Waals surface area contributed by atoms with Crippen LogP contribution in [0.2, 0.25) is 0 Å². The molecule has 0 atom stereocenters. The quantitative estimate of drug-likeness (QED) is 0.759. The van der Waals surface area contributed by atoms with Crippen LogP contribution < -0.4 is 0 Å². The largest absolute Gasteiger partial charge is 0.338 e. The first kappa shape index (κ1) is 11.0. The zero-order valence-electron chi connectivity index (χ0n) is 8.03. The monoisotopic (exact) mass is 253 g/mol. The van der Waals surface area contributed by atoms with Crippen LogP contribution in [-0.2, 0) is 11.3 Å². The van der Waals surface area contributed by atoms with Crippen LogP contribution in [0.25, 0.3) is 0 Å². The van der Waals surface area contributed by atoms with Crippen molar-refractivity contribution < 1.29 is 4.79 Å². The van der Waals surface area contributed by atoms with Crippen LogP contribution in [0, 0.1) is 0 Å². The summed E-state index contributed by atoms with van der Waals surface area (Å²) in [6.45, 7) is 4.03. The van der Waals surface area contributed by atoms with Gasteiger partial charge in [0.05, 0.1) is 0 Å². The van der Waals surface area contributed by atoms with Gasteiger partial charge in [0, 0.05) is 18.1 Å². The molecule has 0 bridgehead atoms. The van der Waals surface area contributed by atoms with E-state index in [9.17, 15) is 4.79 Å². The fourth-order valence-corrected chi connectivity index (χ4v) is 1.53. The van der Waals surface area contributed by atoms with Crippen LogP contribution in [0.3, 0.4) is 0 Å². The Bertz CT molecular complexity index is 349. The van der Waals surface area contributed by atoms with Crippen LogP contribution in [0.1, 0.15) is 5.56 Å². The van der Waals surface area contributed by atoms with E-state index in [4.69, 9.17) is 0 Å². The third-order valence-corrected chi connectivity index (χ3v) is 2.69. The molecule has 0 aliphatic rings. The summed E-state index contributed by atoms with van der Waals surface area (Å²) in [5, 5.41) is 0. The van der Waals surface area contributed by atoms with Gasteiger partial charge in [-0.3, -0.25) is 4.79 Å². The van der Waals surface area contributed by atoms with E-state index in [1.165, 1.54) is 6.08 Å². The Morgan fingerprint density at radius 2 is 2.21 bits per heavy atom. The molecule has 0 N–H and O–H groups in total. The third-order valence-electron chi connectivity index (χ3n) is 1.92. The lowest BCUT2D eigenvalue weighted by atomic mass is 10.2. The summed E-state index contributed by atoms with van der Waals surface area (Å²) in [5.74, 6) is -0.0687. The van der Waals surface area contributed by atoms with Gasteiger partial charge in [-0.15, -0.1) is 0 Å². The first-order chi connectivity index (χ1) is 6.65. The van der Waals surface area contributed by atoms with E-state index in [-0.39, 0.29) is 5.91 Å². The zero-order chi connectivity index (χ0) is 10.6. The summed E-state index contributed by atoms with van der Waals surface area (Å²) < 4.78 is 1.02. The van der Waals surface area contributed by atoms with Gasteiger partial charge in [-0.1, -0.05) is 40.7 Å². The summed E-state index contributed by atoms with van der Waals surface area (Å²) in [5.41, 5.74) is 1.09. The van der Waals surface area contributed by atoms with Crippen molar-refractivity contribution in [3.63, 3.8) is 0 Å². The van der Waals surface area contributed by atoms with E-state index in [1.54, 1.807) is 11.9 Å². The molecule has 3 heteroatoms. The predicted molar refractivity (Wildman–Crippen MR) is 60.8 cm³/mol. The topological polar surface area (TPSA) is 20.3 Å². The smallest absolute Gasteiger partial charge is 0.245 e. The molecule has 1 rings (SSSR count). The summed E-state index contributed by atoms with van der Waals surface area (Å²) in [6, 6.07) is 7.84. The number of benzene rings is 1. The van der Waals surface area contributed by atoms with E-state index in [0.29, 0.717) is 6.54 Å². The Kier molecular flexibility index (Phi) is 3.89. The SMILES string of the molecule is C=CC(=O)N(C)Cc1ccccc1Br. The zero-order valence-corrected chi connectivity index (χ0v) is 9.62. The number of rotatable bonds is 3. The number of nitrogens with zero attached hydrogens (tertiary/aromatic N) is 1. The molecule has 1 amide bonds. The maximum absolute atomic E-state index is 11.2. The van der Waals surface area contributed by atoms with Crippen molar-refractivity contribution in [1.29, 1.82) is 0 Å². The lowest BCUT2D eigenvalue weighted by Crippen LogP contribution is -2.24. The van der Waals surface area contributed by atoms with Gasteiger partial charge in [-0.05, 0) is 17.7 Å². The molecule has 0 saturated carbocycles. The van der Waals surface area contributed by atoms with Crippen molar-refractivity contribution in [1.82, 2.24) is 4.90 Å². The van der Waals surface area contributed by atoms with Gasteiger partial charge >= 0.3 is 0 Å². The minimum atomic E-state index is -0.0687. The number of carbonyl (C=O) groups excluding carboxylic acids is 1. The maximum atomic E-state index is 11.2. The van der Waals surface area contributed by atoms with Crippen molar-refractivity contribution in [3.05, 3.63) is 47.0 Å². The average Bonchev–Trinajstić information content (AvgIpc) is 2.20. The number of amides is 1. The van der Waals surface area contributed by atoms with E-state index in [1.807, 2.05) is 24.3 Å². The molecule has 0 spiro atoms. The highest BCUT2D eigenvalue weighted by Gasteiger charge is 2.06. The summed E-state index contributed by atoms with van der Waals surface area (Å²) >= 11 is 3.43. The molecule has 1 aromatic rings. The van der Waals surface area contributed by atoms with Gasteiger partial charge in [0.25, 0.3) is 0 Å². The fraction of sp³-hybridized carbons (Fsp3) is 0.182. The first-order valence-electron chi connectivity index (χ1n) is 4.26. The molecule has 0 saturated heterocycles. The van der Waals surface area contributed by atoms with Gasteiger partial charge in [0.1, 0.15) is 0 Å². The van der Waals surface area contributed by atoms with Gasteiger partial charge in [0.2, 0.25) is 5.91 Å². The van der Waals surface area contributed by atoms with Gasteiger partial charge < -0.3 is 4.90 Å². The Hall–Kier alpha value is -1.09. The van der Waals surface area contributed by atoms with Crippen molar-refractivity contribution in [2.75, 3.05) is 7.05 Å². The number of hydrogen-bond donors (Lipinski definition) is 0. The van der Waals surface area contributed by atoms with Gasteiger partial charge in [0.15, 0.2) is 0 Å². The van der Waals surface area contributed by atoms with Crippen molar-refractivity contribution in [3.8, 4) is 0 Å². The molecular weight excluding hydrogens is 242 g/mol. The second-order valence-corrected chi connectivity index (χ2v) is 3.84. The van der Waals surface area contributed by atoms with Crippen molar-refractivity contribution >= 4 is 21.8 Å². The molecule has 0 fully saturated rings. The molecule has 0 heterocycles. The fourth-order valence-electron chi connectivity index (χ4n) is 1.12. The molecular formula is C11H12BrNO. The van der Waals surface area contributed by atoms with Gasteiger partial charge in [-0.25, -0.2) is 0 Å². The minimum Gasteiger partial charge on any atom is -0.338 e. The average molecular weight is 254 g/mol. The Balaban J connectivity index is 2.74. The van der Waals surface area contributed by atoms with E-state index in [2.05, 4.69) is 22.5 Å². The molecule has 0 radical (unpaired) electrons. The number of halogens is 1. The summed E-state index contributed by atoms with van der Waals surface area (Å²) in [6.07, 6.45) is 1.32. The molecule has 14 heavy (non-hydrogen) atoms. The third kappa shape index (κ3) is 2.70. The standard InChI is InChI=1S/C11H12BrNO/c1-3-11(14)13(2)8-9-6-4-5-7-10(9)12/h3-7H,1,8H2,2H3. The maximum Gasteiger partial charge on any atom is 0.245 e. The second kappa shape index (κ2) is 4.96.